The van der Waals surface area contributed by atoms with Crippen LogP contribution < -0.4 is 5.32 Å². The van der Waals surface area contributed by atoms with E-state index in [2.05, 4.69) is 15.4 Å². The number of hydrogen-bond donors (Lipinski definition) is 1. The fraction of sp³-hybridized carbons (Fsp3) is 0.310. The van der Waals surface area contributed by atoms with Crippen LogP contribution in [0.2, 0.25) is 5.02 Å². The number of morpholine rings is 1. The molecule has 42 heavy (non-hydrogen) atoms. The van der Waals surface area contributed by atoms with Gasteiger partial charge in [-0.25, -0.2) is 14.1 Å². The van der Waals surface area contributed by atoms with Crippen LogP contribution in [-0.2, 0) is 10.9 Å². The van der Waals surface area contributed by atoms with Crippen molar-refractivity contribution in [1.82, 2.24) is 19.7 Å². The fourth-order valence-electron chi connectivity index (χ4n) is 4.63. The quantitative estimate of drug-likeness (QED) is 0.347. The summed E-state index contributed by atoms with van der Waals surface area (Å²) >= 11 is 5.96. The highest BCUT2D eigenvalue weighted by Gasteiger charge is 2.35. The third-order valence-electron chi connectivity index (χ3n) is 6.81. The van der Waals surface area contributed by atoms with Crippen molar-refractivity contribution >= 4 is 40.4 Å². The lowest BCUT2D eigenvalue weighted by Crippen LogP contribution is -2.40. The van der Waals surface area contributed by atoms with Crippen LogP contribution in [0.15, 0.2) is 59.4 Å². The van der Waals surface area contributed by atoms with Gasteiger partial charge in [0.2, 0.25) is 0 Å². The Morgan fingerprint density at radius 1 is 1.07 bits per heavy atom. The number of amidine groups is 1. The van der Waals surface area contributed by atoms with Gasteiger partial charge in [-0.1, -0.05) is 23.3 Å². The van der Waals surface area contributed by atoms with Crippen molar-refractivity contribution in [2.45, 2.75) is 32.9 Å². The molecular formula is C29H27ClF4N6O2. The first-order valence-corrected chi connectivity index (χ1v) is 13.5. The average molecular weight is 603 g/mol. The van der Waals surface area contributed by atoms with Gasteiger partial charge in [0.1, 0.15) is 11.7 Å². The molecule has 0 saturated carbocycles. The molecule has 1 amide bonds. The molecule has 0 radical (unpaired) electrons. The first kappa shape index (κ1) is 29.5. The third kappa shape index (κ3) is 6.55. The van der Waals surface area contributed by atoms with Crippen molar-refractivity contribution in [2.24, 2.45) is 4.99 Å². The number of aryl methyl sites for hydroxylation is 1. The van der Waals surface area contributed by atoms with Crippen LogP contribution in [0.1, 0.15) is 47.1 Å². The van der Waals surface area contributed by atoms with Gasteiger partial charge in [-0.15, -0.1) is 0 Å². The lowest BCUT2D eigenvalue weighted by atomic mass is 9.99. The fourth-order valence-corrected chi connectivity index (χ4v) is 4.81. The number of anilines is 1. The van der Waals surface area contributed by atoms with Crippen molar-refractivity contribution in [2.75, 3.05) is 31.6 Å². The zero-order valence-corrected chi connectivity index (χ0v) is 23.6. The molecule has 2 aliphatic heterocycles. The Morgan fingerprint density at radius 3 is 2.52 bits per heavy atom. The molecule has 0 bridgehead atoms. The predicted octanol–water partition coefficient (Wildman–Crippen LogP) is 6.45. The van der Waals surface area contributed by atoms with Crippen molar-refractivity contribution in [3.8, 4) is 0 Å². The van der Waals surface area contributed by atoms with Gasteiger partial charge in [-0.05, 0) is 50.6 Å². The summed E-state index contributed by atoms with van der Waals surface area (Å²) in [5.41, 5.74) is 1.71. The molecular weight excluding hydrogens is 576 g/mol. The van der Waals surface area contributed by atoms with Crippen LogP contribution >= 0.6 is 11.6 Å². The molecule has 0 unspecified atom stereocenters. The summed E-state index contributed by atoms with van der Waals surface area (Å²) in [4.78, 5) is 23.9. The van der Waals surface area contributed by atoms with Crippen LogP contribution in [0.5, 0.6) is 0 Å². The van der Waals surface area contributed by atoms with Gasteiger partial charge in [-0.3, -0.25) is 9.78 Å². The number of nitrogens with zero attached hydrogens (tertiary/aromatic N) is 5. The highest BCUT2D eigenvalue weighted by Crippen LogP contribution is 2.34. The molecule has 220 valence electrons. The van der Waals surface area contributed by atoms with E-state index >= 15 is 0 Å². The number of alkyl halides is 3. The number of allylic oxidation sites excluding steroid dienone is 3. The summed E-state index contributed by atoms with van der Waals surface area (Å²) in [7, 11) is 0. The Bertz CT molecular complexity index is 1610. The van der Waals surface area contributed by atoms with Gasteiger partial charge < -0.3 is 15.0 Å². The zero-order valence-electron chi connectivity index (χ0n) is 22.8. The van der Waals surface area contributed by atoms with Crippen LogP contribution in [0, 0.1) is 12.7 Å². The van der Waals surface area contributed by atoms with E-state index < -0.39 is 17.7 Å². The number of aromatic nitrogens is 3. The summed E-state index contributed by atoms with van der Waals surface area (Å²) < 4.78 is 61.3. The number of rotatable bonds is 4. The zero-order chi connectivity index (χ0) is 30.0. The van der Waals surface area contributed by atoms with Gasteiger partial charge in [0, 0.05) is 54.4 Å². The molecule has 13 heteroatoms. The Labute approximate surface area is 244 Å². The molecule has 0 spiro atoms. The first-order valence-electron chi connectivity index (χ1n) is 13.2. The summed E-state index contributed by atoms with van der Waals surface area (Å²) in [6.45, 7) is 5.13. The molecule has 3 aromatic rings. The minimum atomic E-state index is -4.67. The summed E-state index contributed by atoms with van der Waals surface area (Å²) in [6.07, 6.45) is 1.08. The molecule has 1 saturated heterocycles. The highest BCUT2D eigenvalue weighted by molar-refractivity contribution is 6.31. The third-order valence-corrected chi connectivity index (χ3v) is 7.10. The smallest absolute Gasteiger partial charge is 0.378 e. The van der Waals surface area contributed by atoms with Crippen LogP contribution in [0.3, 0.4) is 0 Å². The van der Waals surface area contributed by atoms with E-state index in [9.17, 15) is 22.4 Å². The lowest BCUT2D eigenvalue weighted by Gasteiger charge is -2.27. The second-order valence-corrected chi connectivity index (χ2v) is 10.4. The number of benzene rings is 1. The van der Waals surface area contributed by atoms with Crippen LogP contribution in [0.25, 0.3) is 11.4 Å². The normalized spacial score (nSPS) is 16.5. The largest absolute Gasteiger partial charge is 0.435 e. The van der Waals surface area contributed by atoms with E-state index in [1.54, 1.807) is 11.0 Å². The Kier molecular flexibility index (Phi) is 8.46. The minimum absolute atomic E-state index is 0.0930. The summed E-state index contributed by atoms with van der Waals surface area (Å²) in [6, 6.07) is 6.69. The molecule has 2 aliphatic rings. The second-order valence-electron chi connectivity index (χ2n) is 9.99. The van der Waals surface area contributed by atoms with E-state index in [-0.39, 0.29) is 22.4 Å². The maximum absolute atomic E-state index is 13.8. The number of ether oxygens (including phenoxy) is 1. The number of carbonyl (C=O) groups excluding carboxylic acids is 1. The van der Waals surface area contributed by atoms with E-state index in [0.717, 1.165) is 16.3 Å². The molecule has 5 rings (SSSR count). The highest BCUT2D eigenvalue weighted by atomic mass is 35.5. The molecule has 0 atom stereocenters. The van der Waals surface area contributed by atoms with Gasteiger partial charge in [0.25, 0.3) is 5.91 Å². The van der Waals surface area contributed by atoms with Crippen molar-refractivity contribution < 1.29 is 27.1 Å². The van der Waals surface area contributed by atoms with Gasteiger partial charge in [0.15, 0.2) is 11.5 Å². The summed E-state index contributed by atoms with van der Waals surface area (Å²) in [5.74, 6) is -0.325. The van der Waals surface area contributed by atoms with Crippen molar-refractivity contribution in [3.63, 3.8) is 0 Å². The second kappa shape index (κ2) is 12.1. The molecule has 1 fully saturated rings. The maximum Gasteiger partial charge on any atom is 0.435 e. The van der Waals surface area contributed by atoms with Crippen molar-refractivity contribution in [1.29, 1.82) is 0 Å². The molecule has 1 aromatic carbocycles. The number of amides is 1. The lowest BCUT2D eigenvalue weighted by molar-refractivity contribution is -0.141. The topological polar surface area (TPSA) is 84.6 Å². The first-order chi connectivity index (χ1) is 20.0. The van der Waals surface area contributed by atoms with Gasteiger partial charge in [-0.2, -0.15) is 18.3 Å². The molecule has 8 nitrogen and oxygen atoms in total. The van der Waals surface area contributed by atoms with E-state index in [4.69, 9.17) is 21.3 Å². The molecule has 1 N–H and O–H groups in total. The Hall–Kier alpha value is -4.03. The molecule has 0 aliphatic carbocycles. The number of aliphatic imine (C=N–C) groups is 1. The summed E-state index contributed by atoms with van der Waals surface area (Å²) in [5, 5.41) is 6.90. The van der Waals surface area contributed by atoms with E-state index in [1.165, 1.54) is 37.5 Å². The van der Waals surface area contributed by atoms with Crippen LogP contribution in [-0.4, -0.2) is 57.7 Å². The monoisotopic (exact) mass is 602 g/mol. The minimum Gasteiger partial charge on any atom is -0.378 e. The SMILES string of the molecule is CC1=CC(c2cncc(C(=O)N3CCOCC3)c2)=C(n2nc(C(F)(F)F)cc2C)N=C(Nc2ccc(F)c(Cl)c2)CC1. The number of pyridine rings is 1. The Balaban J connectivity index is 1.67. The van der Waals surface area contributed by atoms with Gasteiger partial charge in [0.05, 0.1) is 23.8 Å². The number of hydrogen-bond acceptors (Lipinski definition) is 6. The van der Waals surface area contributed by atoms with Gasteiger partial charge >= 0.3 is 6.18 Å². The Morgan fingerprint density at radius 2 is 1.83 bits per heavy atom. The number of carbonyl (C=O) groups is 1. The molecule has 2 aromatic heterocycles. The molecule has 4 heterocycles. The van der Waals surface area contributed by atoms with Crippen LogP contribution in [0.4, 0.5) is 23.2 Å². The number of nitrogens with one attached hydrogen (secondary N) is 1. The van der Waals surface area contributed by atoms with Crippen molar-refractivity contribution in [3.05, 3.63) is 87.7 Å². The average Bonchev–Trinajstić information content (AvgIpc) is 3.36. The predicted molar refractivity (Wildman–Crippen MR) is 151 cm³/mol. The standard InChI is InChI=1S/C29H27ClF4N6O2/c1-17-3-6-26(36-21-4-5-24(31)23(30)14-21)37-27(40-18(2)12-25(38-40)29(32,33)34)22(11-17)19-13-20(16-35-15-19)28(41)39-7-9-42-10-8-39/h4-5,11-16H,3,6-10H2,1-2H3,(H,36,37). The number of halogens is 5. The maximum atomic E-state index is 13.8. The van der Waals surface area contributed by atoms with E-state index in [1.807, 2.05) is 13.0 Å². The van der Waals surface area contributed by atoms with E-state index in [0.29, 0.717) is 67.4 Å².